The number of fused-ring (bicyclic) bond motifs is 1. The highest BCUT2D eigenvalue weighted by Crippen LogP contribution is 2.33. The van der Waals surface area contributed by atoms with E-state index < -0.39 is 16.3 Å². The van der Waals surface area contributed by atoms with Gasteiger partial charge in [0.1, 0.15) is 5.00 Å². The van der Waals surface area contributed by atoms with Gasteiger partial charge in [-0.1, -0.05) is 18.2 Å². The molecule has 1 heterocycles. The maximum Gasteiger partial charge on any atom is 0.427 e. The Bertz CT molecular complexity index is 644. The molecule has 0 aliphatic carbocycles. The summed E-state index contributed by atoms with van der Waals surface area (Å²) < 4.78 is 23.3. The molecule has 1 aromatic carbocycles. The average molecular weight is 272 g/mol. The van der Waals surface area contributed by atoms with E-state index in [1.165, 1.54) is 6.07 Å². The van der Waals surface area contributed by atoms with E-state index in [9.17, 15) is 13.2 Å². The third-order valence-electron chi connectivity index (χ3n) is 2.04. The van der Waals surface area contributed by atoms with Crippen molar-refractivity contribution in [3.8, 4) is 0 Å². The molecule has 0 unspecified atom stereocenters. The van der Waals surface area contributed by atoms with Crippen molar-refractivity contribution in [3.63, 3.8) is 0 Å². The Morgan fingerprint density at radius 1 is 1.35 bits per heavy atom. The second-order valence-corrected chi connectivity index (χ2v) is 5.67. The minimum atomic E-state index is -4.32. The summed E-state index contributed by atoms with van der Waals surface area (Å²) in [6, 6.07) is 8.56. The average Bonchev–Trinajstić information content (AvgIpc) is 2.56. The van der Waals surface area contributed by atoms with Gasteiger partial charge in [0.25, 0.3) is 0 Å². The first-order valence-corrected chi connectivity index (χ1v) is 6.76. The molecule has 1 amide bonds. The normalized spacial score (nSPS) is 11.6. The molecule has 17 heavy (non-hydrogen) atoms. The van der Waals surface area contributed by atoms with Gasteiger partial charge < -0.3 is 5.11 Å². The second kappa shape index (κ2) is 3.99. The van der Waals surface area contributed by atoms with Crippen molar-refractivity contribution in [2.45, 2.75) is 0 Å². The minimum absolute atomic E-state index is 0.0567. The monoisotopic (exact) mass is 272 g/mol. The number of nitrogens with two attached hydrogens (primary N) is 1. The van der Waals surface area contributed by atoms with Crippen LogP contribution in [0.1, 0.15) is 0 Å². The molecule has 0 bridgehead atoms. The zero-order valence-electron chi connectivity index (χ0n) is 8.40. The van der Waals surface area contributed by atoms with Gasteiger partial charge >= 0.3 is 16.3 Å². The molecule has 0 radical (unpaired) electrons. The number of carbonyl (C=O) groups is 1. The molecule has 90 valence electrons. The summed E-state index contributed by atoms with van der Waals surface area (Å²) in [6.45, 7) is 0. The van der Waals surface area contributed by atoms with Crippen LogP contribution in [0.4, 0.5) is 9.80 Å². The van der Waals surface area contributed by atoms with E-state index in [4.69, 9.17) is 10.2 Å². The van der Waals surface area contributed by atoms with E-state index in [0.717, 1.165) is 21.4 Å². The summed E-state index contributed by atoms with van der Waals surface area (Å²) in [7, 11) is -4.32. The Morgan fingerprint density at radius 2 is 2.00 bits per heavy atom. The third kappa shape index (κ3) is 2.23. The summed E-state index contributed by atoms with van der Waals surface area (Å²) in [5, 5.41) is 14.5. The maximum absolute atomic E-state index is 11.2. The van der Waals surface area contributed by atoms with Gasteiger partial charge in [0.15, 0.2) is 0 Å². The lowest BCUT2D eigenvalue weighted by Gasteiger charge is -2.12. The number of amides is 1. The van der Waals surface area contributed by atoms with Gasteiger partial charge in [-0.2, -0.15) is 8.42 Å². The second-order valence-electron chi connectivity index (χ2n) is 3.21. The van der Waals surface area contributed by atoms with Gasteiger partial charge in [0, 0.05) is 4.70 Å². The van der Waals surface area contributed by atoms with Crippen LogP contribution in [0.5, 0.6) is 0 Å². The zero-order valence-corrected chi connectivity index (χ0v) is 10.0. The van der Waals surface area contributed by atoms with E-state index in [0.29, 0.717) is 0 Å². The standard InChI is InChI=1S/C9H8N2O4S2/c10-17(14,15)11(9(12)13)8-5-6-3-1-2-4-7(6)16-8/h1-5H,(H,12,13)(H2,10,14,15). The Labute approximate surface area is 101 Å². The van der Waals surface area contributed by atoms with Crippen LogP contribution in [0.3, 0.4) is 0 Å². The summed E-state index contributed by atoms with van der Waals surface area (Å²) in [6.07, 6.45) is -1.63. The summed E-state index contributed by atoms with van der Waals surface area (Å²) in [5.74, 6) is 0. The zero-order chi connectivity index (χ0) is 12.6. The fourth-order valence-electron chi connectivity index (χ4n) is 1.40. The van der Waals surface area contributed by atoms with Gasteiger partial charge in [0.2, 0.25) is 0 Å². The fourth-order valence-corrected chi connectivity index (χ4v) is 3.30. The van der Waals surface area contributed by atoms with E-state index in [-0.39, 0.29) is 9.31 Å². The Hall–Kier alpha value is -1.64. The number of hydrogen-bond acceptors (Lipinski definition) is 4. The summed E-state index contributed by atoms with van der Waals surface area (Å²) in [5.41, 5.74) is 0. The van der Waals surface area contributed by atoms with Crippen LogP contribution < -0.4 is 9.44 Å². The molecule has 0 saturated heterocycles. The van der Waals surface area contributed by atoms with Gasteiger partial charge in [0.05, 0.1) is 0 Å². The highest BCUT2D eigenvalue weighted by Gasteiger charge is 2.27. The Morgan fingerprint density at radius 3 is 2.53 bits per heavy atom. The molecule has 2 rings (SSSR count). The van der Waals surface area contributed by atoms with Crippen LogP contribution in [-0.4, -0.2) is 19.6 Å². The van der Waals surface area contributed by atoms with Crippen LogP contribution in [-0.2, 0) is 10.2 Å². The first kappa shape index (κ1) is 11.8. The van der Waals surface area contributed by atoms with Crippen molar-refractivity contribution < 1.29 is 18.3 Å². The third-order valence-corrected chi connectivity index (χ3v) is 4.12. The van der Waals surface area contributed by atoms with Crippen molar-refractivity contribution in [1.82, 2.24) is 0 Å². The lowest BCUT2D eigenvalue weighted by Crippen LogP contribution is -2.40. The first-order valence-electron chi connectivity index (χ1n) is 4.44. The van der Waals surface area contributed by atoms with Gasteiger partial charge in [-0.05, 0) is 17.5 Å². The van der Waals surface area contributed by atoms with Crippen molar-refractivity contribution in [3.05, 3.63) is 30.3 Å². The Balaban J connectivity index is 2.61. The SMILES string of the molecule is NS(=O)(=O)N(C(=O)O)c1cc2ccccc2s1. The van der Waals surface area contributed by atoms with Crippen LogP contribution in [0.2, 0.25) is 0 Å². The van der Waals surface area contributed by atoms with Gasteiger partial charge in [-0.15, -0.1) is 15.6 Å². The number of hydrogen-bond donors (Lipinski definition) is 2. The van der Waals surface area contributed by atoms with Crippen LogP contribution in [0.25, 0.3) is 10.1 Å². The molecular weight excluding hydrogens is 264 g/mol. The highest BCUT2D eigenvalue weighted by molar-refractivity contribution is 7.91. The quantitative estimate of drug-likeness (QED) is 0.866. The summed E-state index contributed by atoms with van der Waals surface area (Å²) in [4.78, 5) is 10.9. The van der Waals surface area contributed by atoms with Crippen LogP contribution in [0.15, 0.2) is 30.3 Å². The molecular formula is C9H8N2O4S2. The van der Waals surface area contributed by atoms with E-state index in [2.05, 4.69) is 0 Å². The number of carboxylic acid groups (broad SMARTS) is 1. The van der Waals surface area contributed by atoms with Crippen molar-refractivity contribution in [1.29, 1.82) is 0 Å². The lowest BCUT2D eigenvalue weighted by molar-refractivity contribution is 0.206. The van der Waals surface area contributed by atoms with Crippen molar-refractivity contribution in [2.75, 3.05) is 4.31 Å². The first-order chi connectivity index (χ1) is 7.89. The Kier molecular flexibility index (Phi) is 2.77. The molecule has 3 N–H and O–H groups in total. The number of thiophene rings is 1. The van der Waals surface area contributed by atoms with E-state index in [1.54, 1.807) is 24.3 Å². The molecule has 0 spiro atoms. The van der Waals surface area contributed by atoms with Gasteiger partial charge in [-0.25, -0.2) is 9.93 Å². The smallest absolute Gasteiger partial charge is 0.427 e. The highest BCUT2D eigenvalue weighted by atomic mass is 32.2. The van der Waals surface area contributed by atoms with Gasteiger partial charge in [-0.3, -0.25) is 0 Å². The lowest BCUT2D eigenvalue weighted by atomic mass is 10.3. The molecule has 2 aromatic rings. The molecule has 1 aromatic heterocycles. The molecule has 0 aliphatic heterocycles. The molecule has 6 nitrogen and oxygen atoms in total. The molecule has 0 aliphatic rings. The van der Waals surface area contributed by atoms with Crippen LogP contribution >= 0.6 is 11.3 Å². The van der Waals surface area contributed by atoms with E-state index >= 15 is 0 Å². The topological polar surface area (TPSA) is 101 Å². The minimum Gasteiger partial charge on any atom is -0.464 e. The van der Waals surface area contributed by atoms with Crippen molar-refractivity contribution in [2.24, 2.45) is 5.14 Å². The molecule has 0 atom stereocenters. The largest absolute Gasteiger partial charge is 0.464 e. The molecule has 8 heteroatoms. The van der Waals surface area contributed by atoms with E-state index in [1.807, 2.05) is 0 Å². The molecule has 0 fully saturated rings. The number of benzene rings is 1. The predicted octanol–water partition coefficient (Wildman–Crippen LogP) is 1.59. The maximum atomic E-state index is 11.2. The fraction of sp³-hybridized carbons (Fsp3) is 0. The predicted molar refractivity (Wildman–Crippen MR) is 65.4 cm³/mol. The number of anilines is 1. The number of rotatable bonds is 2. The molecule has 0 saturated carbocycles. The van der Waals surface area contributed by atoms with Crippen LogP contribution in [0, 0.1) is 0 Å². The van der Waals surface area contributed by atoms with Crippen molar-refractivity contribution >= 4 is 42.7 Å². The number of nitrogens with zero attached hydrogens (tertiary/aromatic N) is 1. The summed E-state index contributed by atoms with van der Waals surface area (Å²) >= 11 is 1.05.